The quantitative estimate of drug-likeness (QED) is 0.765. The van der Waals surface area contributed by atoms with Gasteiger partial charge in [0.1, 0.15) is 0 Å². The number of carbonyl (C=O) groups excluding carboxylic acids is 1. The molecule has 6 heteroatoms. The van der Waals surface area contributed by atoms with Gasteiger partial charge in [0.2, 0.25) is 5.91 Å². The molecule has 0 bridgehead atoms. The van der Waals surface area contributed by atoms with E-state index in [4.69, 9.17) is 0 Å². The fraction of sp³-hybridized carbons (Fsp3) is 0.357. The number of nitrogens with zero attached hydrogens (tertiary/aromatic N) is 3. The van der Waals surface area contributed by atoms with Gasteiger partial charge in [-0.3, -0.25) is 9.48 Å². The molecule has 2 N–H and O–H groups in total. The Hall–Kier alpha value is -2.21. The highest BCUT2D eigenvalue weighted by atomic mass is 16.3. The number of nitrogens with one attached hydrogen (secondary N) is 1. The maximum absolute atomic E-state index is 11.8. The van der Waals surface area contributed by atoms with Crippen molar-refractivity contribution in [3.8, 4) is 0 Å². The summed E-state index contributed by atoms with van der Waals surface area (Å²) in [5.74, 6) is -0.101. The van der Waals surface area contributed by atoms with Crippen LogP contribution in [0.4, 0.5) is 0 Å². The molecule has 106 valence electrons. The van der Waals surface area contributed by atoms with Gasteiger partial charge < -0.3 is 10.4 Å². The van der Waals surface area contributed by atoms with E-state index in [0.29, 0.717) is 19.4 Å². The molecule has 0 saturated heterocycles. The summed E-state index contributed by atoms with van der Waals surface area (Å²) in [7, 11) is 0. The number of amides is 1. The van der Waals surface area contributed by atoms with Crippen molar-refractivity contribution >= 4 is 5.91 Å². The third-order valence-corrected chi connectivity index (χ3v) is 2.95. The molecule has 0 saturated carbocycles. The smallest absolute Gasteiger partial charge is 0.222 e. The summed E-state index contributed by atoms with van der Waals surface area (Å²) in [6.07, 6.45) is 4.21. The zero-order valence-corrected chi connectivity index (χ0v) is 11.1. The Morgan fingerprint density at radius 3 is 2.80 bits per heavy atom. The second-order valence-electron chi connectivity index (χ2n) is 4.55. The number of rotatable bonds is 7. The molecule has 1 aromatic carbocycles. The van der Waals surface area contributed by atoms with E-state index in [-0.39, 0.29) is 18.6 Å². The van der Waals surface area contributed by atoms with E-state index in [1.165, 1.54) is 0 Å². The summed E-state index contributed by atoms with van der Waals surface area (Å²) in [5, 5.41) is 19.6. The molecule has 0 radical (unpaired) electrons. The number of hydrogen-bond acceptors (Lipinski definition) is 4. The van der Waals surface area contributed by atoms with Crippen LogP contribution in [-0.2, 0) is 17.8 Å². The van der Waals surface area contributed by atoms with Gasteiger partial charge in [-0.1, -0.05) is 35.5 Å². The molecule has 0 aliphatic heterocycles. The fourth-order valence-corrected chi connectivity index (χ4v) is 1.93. The van der Waals surface area contributed by atoms with Gasteiger partial charge in [-0.15, -0.1) is 5.10 Å². The van der Waals surface area contributed by atoms with Crippen molar-refractivity contribution in [1.29, 1.82) is 0 Å². The van der Waals surface area contributed by atoms with Gasteiger partial charge >= 0.3 is 0 Å². The van der Waals surface area contributed by atoms with Gasteiger partial charge in [-0.05, 0) is 12.0 Å². The molecule has 2 rings (SSSR count). The van der Waals surface area contributed by atoms with E-state index in [1.807, 2.05) is 30.3 Å². The first-order valence-corrected chi connectivity index (χ1v) is 6.56. The summed E-state index contributed by atoms with van der Waals surface area (Å²) in [4.78, 5) is 11.8. The maximum atomic E-state index is 11.8. The molecule has 0 spiro atoms. The Balaban J connectivity index is 1.79. The molecule has 6 nitrogen and oxygen atoms in total. The Morgan fingerprint density at radius 1 is 1.35 bits per heavy atom. The van der Waals surface area contributed by atoms with E-state index in [9.17, 15) is 9.90 Å². The summed E-state index contributed by atoms with van der Waals surface area (Å²) >= 11 is 0. The topological polar surface area (TPSA) is 80.0 Å². The molecule has 2 aromatic rings. The van der Waals surface area contributed by atoms with Gasteiger partial charge in [-0.25, -0.2) is 0 Å². The minimum Gasteiger partial charge on any atom is -0.394 e. The number of carbonyl (C=O) groups is 1. The predicted octanol–water partition coefficient (Wildman–Crippen LogP) is 0.388. The standard InChI is InChI=1S/C14H18N4O2/c19-11-13(10-12-4-2-1-3-5-12)16-14(20)6-8-18-9-7-15-17-18/h1-5,7,9,13,19H,6,8,10-11H2,(H,16,20)/t13-/m0/s1. The predicted molar refractivity (Wildman–Crippen MR) is 73.8 cm³/mol. The molecule has 0 fully saturated rings. The van der Waals surface area contributed by atoms with Gasteiger partial charge in [-0.2, -0.15) is 0 Å². The summed E-state index contributed by atoms with van der Waals surface area (Å²) < 4.78 is 1.60. The molecule has 1 atom stereocenters. The second-order valence-corrected chi connectivity index (χ2v) is 4.55. The van der Waals surface area contributed by atoms with Crippen LogP contribution in [0.25, 0.3) is 0 Å². The van der Waals surface area contributed by atoms with Crippen LogP contribution in [0.2, 0.25) is 0 Å². The Kier molecular flexibility index (Phi) is 5.25. The van der Waals surface area contributed by atoms with Gasteiger partial charge in [0.25, 0.3) is 0 Å². The zero-order chi connectivity index (χ0) is 14.2. The first-order chi connectivity index (χ1) is 9.78. The van der Waals surface area contributed by atoms with Crippen molar-refractivity contribution in [3.05, 3.63) is 48.3 Å². The van der Waals surface area contributed by atoms with Crippen LogP contribution in [0.5, 0.6) is 0 Å². The van der Waals surface area contributed by atoms with Crippen LogP contribution in [0.15, 0.2) is 42.7 Å². The lowest BCUT2D eigenvalue weighted by molar-refractivity contribution is -0.122. The van der Waals surface area contributed by atoms with Crippen molar-refractivity contribution in [2.24, 2.45) is 0 Å². The molecule has 0 aliphatic carbocycles. The third-order valence-electron chi connectivity index (χ3n) is 2.95. The third kappa shape index (κ3) is 4.47. The lowest BCUT2D eigenvalue weighted by Crippen LogP contribution is -2.39. The normalized spacial score (nSPS) is 12.1. The molecule has 1 amide bonds. The summed E-state index contributed by atoms with van der Waals surface area (Å²) in [5.41, 5.74) is 1.09. The number of hydrogen-bond donors (Lipinski definition) is 2. The van der Waals surface area contributed by atoms with Crippen molar-refractivity contribution in [2.75, 3.05) is 6.61 Å². The first-order valence-electron chi connectivity index (χ1n) is 6.56. The van der Waals surface area contributed by atoms with Crippen LogP contribution in [-0.4, -0.2) is 38.7 Å². The highest BCUT2D eigenvalue weighted by molar-refractivity contribution is 5.76. The van der Waals surface area contributed by atoms with Crippen molar-refractivity contribution < 1.29 is 9.90 Å². The number of benzene rings is 1. The molecular formula is C14H18N4O2. The van der Waals surface area contributed by atoms with Crippen molar-refractivity contribution in [1.82, 2.24) is 20.3 Å². The molecule has 0 aliphatic rings. The molecule has 20 heavy (non-hydrogen) atoms. The molecule has 1 heterocycles. The van der Waals surface area contributed by atoms with Gasteiger partial charge in [0.05, 0.1) is 25.4 Å². The van der Waals surface area contributed by atoms with Crippen molar-refractivity contribution in [3.63, 3.8) is 0 Å². The summed E-state index contributed by atoms with van der Waals surface area (Å²) in [6, 6.07) is 9.51. The van der Waals surface area contributed by atoms with Crippen LogP contribution in [0.1, 0.15) is 12.0 Å². The first kappa shape index (κ1) is 14.2. The number of aliphatic hydroxyl groups is 1. The van der Waals surface area contributed by atoms with E-state index in [1.54, 1.807) is 17.1 Å². The van der Waals surface area contributed by atoms with Crippen LogP contribution in [0, 0.1) is 0 Å². The maximum Gasteiger partial charge on any atom is 0.222 e. The average molecular weight is 274 g/mol. The van der Waals surface area contributed by atoms with Crippen LogP contribution < -0.4 is 5.32 Å². The minimum atomic E-state index is -0.263. The number of aryl methyl sites for hydroxylation is 1. The highest BCUT2D eigenvalue weighted by Gasteiger charge is 2.12. The largest absolute Gasteiger partial charge is 0.394 e. The van der Waals surface area contributed by atoms with E-state index in [0.717, 1.165) is 5.56 Å². The molecule has 1 aromatic heterocycles. The van der Waals surface area contributed by atoms with Crippen molar-refractivity contribution in [2.45, 2.75) is 25.4 Å². The monoisotopic (exact) mass is 274 g/mol. The lowest BCUT2D eigenvalue weighted by Gasteiger charge is -2.16. The Morgan fingerprint density at radius 2 is 2.15 bits per heavy atom. The number of aromatic nitrogens is 3. The lowest BCUT2D eigenvalue weighted by atomic mass is 10.1. The minimum absolute atomic E-state index is 0.0794. The fourth-order valence-electron chi connectivity index (χ4n) is 1.93. The Labute approximate surface area is 117 Å². The van der Waals surface area contributed by atoms with E-state index in [2.05, 4.69) is 15.6 Å². The summed E-state index contributed by atoms with van der Waals surface area (Å²) in [6.45, 7) is 0.402. The SMILES string of the molecule is O=C(CCn1ccnn1)N[C@H](CO)Cc1ccccc1. The van der Waals surface area contributed by atoms with Gasteiger partial charge in [0, 0.05) is 12.6 Å². The second kappa shape index (κ2) is 7.40. The number of aliphatic hydroxyl groups excluding tert-OH is 1. The molecular weight excluding hydrogens is 256 g/mol. The van der Waals surface area contributed by atoms with Crippen LogP contribution >= 0.6 is 0 Å². The van der Waals surface area contributed by atoms with Crippen LogP contribution in [0.3, 0.4) is 0 Å². The molecule has 0 unspecified atom stereocenters. The van der Waals surface area contributed by atoms with E-state index < -0.39 is 0 Å². The van der Waals surface area contributed by atoms with Gasteiger partial charge in [0.15, 0.2) is 0 Å². The zero-order valence-electron chi connectivity index (χ0n) is 11.1. The Bertz CT molecular complexity index is 513. The average Bonchev–Trinajstić information content (AvgIpc) is 2.99. The van der Waals surface area contributed by atoms with E-state index >= 15 is 0 Å². The highest BCUT2D eigenvalue weighted by Crippen LogP contribution is 2.03.